The highest BCUT2D eigenvalue weighted by Gasteiger charge is 2.29. The first-order valence-corrected chi connectivity index (χ1v) is 5.54. The van der Waals surface area contributed by atoms with Gasteiger partial charge in [-0.3, -0.25) is 0 Å². The van der Waals surface area contributed by atoms with E-state index in [4.69, 9.17) is 0 Å². The van der Waals surface area contributed by atoms with E-state index in [0.29, 0.717) is 6.54 Å². The van der Waals surface area contributed by atoms with Crippen LogP contribution >= 0.6 is 11.3 Å². The van der Waals surface area contributed by atoms with Crippen molar-refractivity contribution in [3.8, 4) is 0 Å². The van der Waals surface area contributed by atoms with Gasteiger partial charge in [0.1, 0.15) is 0 Å². The van der Waals surface area contributed by atoms with Crippen LogP contribution in [0, 0.1) is 6.92 Å². The molecular weight excluding hydrogens is 223 g/mol. The topological polar surface area (TPSA) is 12.0 Å². The number of alkyl halides is 3. The lowest BCUT2D eigenvalue weighted by Gasteiger charge is -2.14. The summed E-state index contributed by atoms with van der Waals surface area (Å²) in [4.78, 5) is 2.25. The summed E-state index contributed by atoms with van der Waals surface area (Å²) in [6.45, 7) is 4.04. The lowest BCUT2D eigenvalue weighted by molar-refractivity contribution is -0.139. The predicted molar refractivity (Wildman–Crippen MR) is 56.0 cm³/mol. The Kier molecular flexibility index (Phi) is 4.16. The van der Waals surface area contributed by atoms with Crippen LogP contribution in [0.4, 0.5) is 13.2 Å². The van der Waals surface area contributed by atoms with Crippen molar-refractivity contribution in [2.75, 3.05) is 0 Å². The molecular formula is C10H14F3NS. The van der Waals surface area contributed by atoms with E-state index in [9.17, 15) is 13.2 Å². The zero-order chi connectivity index (χ0) is 11.5. The maximum absolute atomic E-state index is 12.0. The summed E-state index contributed by atoms with van der Waals surface area (Å²) in [6.07, 6.45) is -4.87. The molecule has 1 rings (SSSR count). The first kappa shape index (κ1) is 12.5. The number of thiophene rings is 1. The first-order valence-electron chi connectivity index (χ1n) is 4.72. The highest BCUT2D eigenvalue weighted by atomic mass is 32.1. The minimum absolute atomic E-state index is 0.510. The lowest BCUT2D eigenvalue weighted by atomic mass is 10.2. The molecule has 1 atom stereocenters. The van der Waals surface area contributed by atoms with Crippen molar-refractivity contribution >= 4 is 11.3 Å². The second kappa shape index (κ2) is 4.99. The number of aryl methyl sites for hydroxylation is 1. The van der Waals surface area contributed by atoms with Crippen molar-refractivity contribution in [3.63, 3.8) is 0 Å². The normalized spacial score (nSPS) is 14.2. The van der Waals surface area contributed by atoms with Gasteiger partial charge in [-0.2, -0.15) is 13.2 Å². The second-order valence-corrected chi connectivity index (χ2v) is 4.99. The van der Waals surface area contributed by atoms with Crippen LogP contribution in [0.25, 0.3) is 0 Å². The van der Waals surface area contributed by atoms with Crippen molar-refractivity contribution in [1.29, 1.82) is 0 Å². The molecule has 0 saturated heterocycles. The molecule has 1 heterocycles. The van der Waals surface area contributed by atoms with E-state index >= 15 is 0 Å². The van der Waals surface area contributed by atoms with Crippen LogP contribution in [-0.2, 0) is 6.54 Å². The van der Waals surface area contributed by atoms with Crippen molar-refractivity contribution in [2.45, 2.75) is 39.0 Å². The monoisotopic (exact) mass is 237 g/mol. The molecule has 0 radical (unpaired) electrons. The van der Waals surface area contributed by atoms with Gasteiger partial charge in [0.25, 0.3) is 0 Å². The van der Waals surface area contributed by atoms with E-state index in [0.717, 1.165) is 4.88 Å². The Morgan fingerprint density at radius 1 is 1.40 bits per heavy atom. The van der Waals surface area contributed by atoms with E-state index in [1.54, 1.807) is 18.3 Å². The van der Waals surface area contributed by atoms with Crippen LogP contribution in [0.5, 0.6) is 0 Å². The van der Waals surface area contributed by atoms with Crippen molar-refractivity contribution in [3.05, 3.63) is 21.9 Å². The van der Waals surface area contributed by atoms with Crippen LogP contribution < -0.4 is 5.32 Å². The van der Waals surface area contributed by atoms with Crippen molar-refractivity contribution < 1.29 is 13.2 Å². The van der Waals surface area contributed by atoms with Gasteiger partial charge in [0.2, 0.25) is 0 Å². The van der Waals surface area contributed by atoms with Crippen LogP contribution in [0.15, 0.2) is 12.1 Å². The summed E-state index contributed by atoms with van der Waals surface area (Å²) in [6, 6.07) is 3.37. The Labute approximate surface area is 91.3 Å². The first-order chi connectivity index (χ1) is 6.87. The van der Waals surface area contributed by atoms with Crippen LogP contribution in [-0.4, -0.2) is 12.2 Å². The quantitative estimate of drug-likeness (QED) is 0.845. The smallest absolute Gasteiger partial charge is 0.309 e. The molecule has 0 saturated carbocycles. The molecule has 1 nitrogen and oxygen atoms in total. The van der Waals surface area contributed by atoms with Gasteiger partial charge >= 0.3 is 6.18 Å². The molecule has 86 valence electrons. The Hall–Kier alpha value is -0.550. The SMILES string of the molecule is Cc1ccc(CNC(C)CC(F)(F)F)s1. The number of hydrogen-bond acceptors (Lipinski definition) is 2. The van der Waals surface area contributed by atoms with E-state index in [2.05, 4.69) is 5.32 Å². The fraction of sp³-hybridized carbons (Fsp3) is 0.600. The highest BCUT2D eigenvalue weighted by molar-refractivity contribution is 7.11. The Bertz CT molecular complexity index is 306. The third kappa shape index (κ3) is 5.18. The van der Waals surface area contributed by atoms with E-state index in [-0.39, 0.29) is 0 Å². The molecule has 0 aromatic carbocycles. The third-order valence-corrected chi connectivity index (χ3v) is 2.96. The molecule has 1 aromatic heterocycles. The summed E-state index contributed by atoms with van der Waals surface area (Å²) in [5, 5.41) is 2.86. The van der Waals surface area contributed by atoms with E-state index < -0.39 is 18.6 Å². The summed E-state index contributed by atoms with van der Waals surface area (Å²) in [7, 11) is 0. The molecule has 0 aliphatic carbocycles. The molecule has 1 aromatic rings. The number of rotatable bonds is 4. The standard InChI is InChI=1S/C10H14F3NS/c1-7(5-10(11,12)13)14-6-9-4-3-8(2)15-9/h3-4,7,14H,5-6H2,1-2H3. The zero-order valence-corrected chi connectivity index (χ0v) is 9.50. The second-order valence-electron chi connectivity index (χ2n) is 3.61. The number of hydrogen-bond donors (Lipinski definition) is 1. The Morgan fingerprint density at radius 2 is 2.07 bits per heavy atom. The predicted octanol–water partition coefficient (Wildman–Crippen LogP) is 3.49. The van der Waals surface area contributed by atoms with Crippen molar-refractivity contribution in [2.24, 2.45) is 0 Å². The van der Waals surface area contributed by atoms with Gasteiger partial charge in [0.05, 0.1) is 6.42 Å². The Balaban J connectivity index is 2.31. The van der Waals surface area contributed by atoms with Crippen LogP contribution in [0.3, 0.4) is 0 Å². The average Bonchev–Trinajstić information content (AvgIpc) is 2.45. The van der Waals surface area contributed by atoms with Crippen molar-refractivity contribution in [1.82, 2.24) is 5.32 Å². The van der Waals surface area contributed by atoms with Gasteiger partial charge in [0.15, 0.2) is 0 Å². The molecule has 5 heteroatoms. The largest absolute Gasteiger partial charge is 0.390 e. The lowest BCUT2D eigenvalue weighted by Crippen LogP contribution is -2.30. The Morgan fingerprint density at radius 3 is 2.53 bits per heavy atom. The molecule has 0 amide bonds. The molecule has 15 heavy (non-hydrogen) atoms. The van der Waals surface area contributed by atoms with Gasteiger partial charge in [0, 0.05) is 22.3 Å². The summed E-state index contributed by atoms with van der Waals surface area (Å²) in [5.41, 5.74) is 0. The molecule has 0 spiro atoms. The van der Waals surface area contributed by atoms with Gasteiger partial charge < -0.3 is 5.32 Å². The number of halogens is 3. The molecule has 1 N–H and O–H groups in total. The zero-order valence-electron chi connectivity index (χ0n) is 8.69. The molecule has 0 fully saturated rings. The van der Waals surface area contributed by atoms with Crippen LogP contribution in [0.2, 0.25) is 0 Å². The summed E-state index contributed by atoms with van der Waals surface area (Å²) in [5.74, 6) is 0. The minimum Gasteiger partial charge on any atom is -0.309 e. The average molecular weight is 237 g/mol. The summed E-state index contributed by atoms with van der Waals surface area (Å²) >= 11 is 1.60. The van der Waals surface area contributed by atoms with E-state index in [1.165, 1.54) is 4.88 Å². The molecule has 1 unspecified atom stereocenters. The third-order valence-electron chi connectivity index (χ3n) is 1.96. The fourth-order valence-electron chi connectivity index (χ4n) is 1.27. The van der Waals surface area contributed by atoms with Crippen LogP contribution in [0.1, 0.15) is 23.1 Å². The minimum atomic E-state index is -4.09. The van der Waals surface area contributed by atoms with Gasteiger partial charge in [-0.15, -0.1) is 11.3 Å². The summed E-state index contributed by atoms with van der Waals surface area (Å²) < 4.78 is 36.0. The maximum atomic E-state index is 12.0. The van der Waals surface area contributed by atoms with E-state index in [1.807, 2.05) is 19.1 Å². The molecule has 0 aliphatic rings. The maximum Gasteiger partial charge on any atom is 0.390 e. The van der Waals surface area contributed by atoms with Gasteiger partial charge in [-0.05, 0) is 26.0 Å². The molecule has 0 aliphatic heterocycles. The molecule has 0 bridgehead atoms. The number of nitrogens with one attached hydrogen (secondary N) is 1. The highest BCUT2D eigenvalue weighted by Crippen LogP contribution is 2.22. The fourth-order valence-corrected chi connectivity index (χ4v) is 2.12. The van der Waals surface area contributed by atoms with Gasteiger partial charge in [-0.25, -0.2) is 0 Å². The van der Waals surface area contributed by atoms with Gasteiger partial charge in [-0.1, -0.05) is 0 Å².